The molecule has 5 atom stereocenters. The van der Waals surface area contributed by atoms with E-state index in [1.165, 1.54) is 19.3 Å². The Labute approximate surface area is 108 Å². The van der Waals surface area contributed by atoms with Gasteiger partial charge in [-0.05, 0) is 51.0 Å². The molecule has 0 spiro atoms. The molecule has 1 aliphatic rings. The standard InChI is InChI=1S/C15H31NO/c1-6-14(17-7-2)15(16-5)13-9-8-11(3)12(4)10-13/h11-16H,6-10H2,1-5H3. The molecule has 102 valence electrons. The summed E-state index contributed by atoms with van der Waals surface area (Å²) in [4.78, 5) is 0. The molecule has 0 aromatic carbocycles. The largest absolute Gasteiger partial charge is 0.377 e. The van der Waals surface area contributed by atoms with E-state index in [0.717, 1.165) is 30.8 Å². The summed E-state index contributed by atoms with van der Waals surface area (Å²) < 4.78 is 5.90. The normalized spacial score (nSPS) is 33.4. The second kappa shape index (κ2) is 7.38. The van der Waals surface area contributed by atoms with Crippen molar-refractivity contribution in [2.45, 2.75) is 65.5 Å². The first-order valence-corrected chi connectivity index (χ1v) is 7.42. The summed E-state index contributed by atoms with van der Waals surface area (Å²) in [5, 5.41) is 3.52. The van der Waals surface area contributed by atoms with Gasteiger partial charge in [0.1, 0.15) is 0 Å². The molecule has 0 aromatic rings. The highest BCUT2D eigenvalue weighted by Crippen LogP contribution is 2.36. The third-order valence-corrected chi connectivity index (χ3v) is 4.66. The Bertz CT molecular complexity index is 207. The van der Waals surface area contributed by atoms with Gasteiger partial charge in [-0.2, -0.15) is 0 Å². The molecule has 17 heavy (non-hydrogen) atoms. The zero-order valence-corrected chi connectivity index (χ0v) is 12.3. The van der Waals surface area contributed by atoms with Crippen LogP contribution in [0.25, 0.3) is 0 Å². The van der Waals surface area contributed by atoms with Crippen LogP contribution in [0.5, 0.6) is 0 Å². The van der Waals surface area contributed by atoms with Gasteiger partial charge in [0, 0.05) is 12.6 Å². The third-order valence-electron chi connectivity index (χ3n) is 4.66. The smallest absolute Gasteiger partial charge is 0.0727 e. The molecular formula is C15H31NO. The number of hydrogen-bond donors (Lipinski definition) is 1. The van der Waals surface area contributed by atoms with Crippen molar-refractivity contribution in [1.29, 1.82) is 0 Å². The number of ether oxygens (including phenoxy) is 1. The van der Waals surface area contributed by atoms with Crippen LogP contribution in [-0.4, -0.2) is 25.8 Å². The molecule has 0 aromatic heterocycles. The summed E-state index contributed by atoms with van der Waals surface area (Å²) in [5.74, 6) is 2.56. The Morgan fingerprint density at radius 1 is 1.18 bits per heavy atom. The lowest BCUT2D eigenvalue weighted by atomic mass is 9.72. The summed E-state index contributed by atoms with van der Waals surface area (Å²) in [5.41, 5.74) is 0. The van der Waals surface area contributed by atoms with Gasteiger partial charge in [0.25, 0.3) is 0 Å². The average molecular weight is 241 g/mol. The molecule has 1 aliphatic carbocycles. The van der Waals surface area contributed by atoms with Crippen molar-refractivity contribution in [2.24, 2.45) is 17.8 Å². The molecule has 5 unspecified atom stereocenters. The van der Waals surface area contributed by atoms with Crippen molar-refractivity contribution < 1.29 is 4.74 Å². The molecule has 1 saturated carbocycles. The van der Waals surface area contributed by atoms with E-state index in [9.17, 15) is 0 Å². The fourth-order valence-electron chi connectivity index (χ4n) is 3.33. The van der Waals surface area contributed by atoms with Gasteiger partial charge in [0.15, 0.2) is 0 Å². The molecule has 2 nitrogen and oxygen atoms in total. The SMILES string of the molecule is CCOC(CC)C(NC)C1CCC(C)C(C)C1. The van der Waals surface area contributed by atoms with Crippen LogP contribution in [0.15, 0.2) is 0 Å². The van der Waals surface area contributed by atoms with Gasteiger partial charge < -0.3 is 10.1 Å². The van der Waals surface area contributed by atoms with E-state index in [-0.39, 0.29) is 0 Å². The second-order valence-electron chi connectivity index (χ2n) is 5.74. The zero-order chi connectivity index (χ0) is 12.8. The number of hydrogen-bond acceptors (Lipinski definition) is 2. The first-order valence-electron chi connectivity index (χ1n) is 7.42. The highest BCUT2D eigenvalue weighted by atomic mass is 16.5. The first kappa shape index (κ1) is 15.0. The van der Waals surface area contributed by atoms with Gasteiger partial charge in [-0.25, -0.2) is 0 Å². The number of nitrogens with one attached hydrogen (secondary N) is 1. The van der Waals surface area contributed by atoms with E-state index in [2.05, 4.69) is 40.1 Å². The second-order valence-corrected chi connectivity index (χ2v) is 5.74. The lowest BCUT2D eigenvalue weighted by Gasteiger charge is -2.39. The fourth-order valence-corrected chi connectivity index (χ4v) is 3.33. The predicted octanol–water partition coefficient (Wildman–Crippen LogP) is 3.46. The molecule has 1 N–H and O–H groups in total. The first-order chi connectivity index (χ1) is 8.13. The van der Waals surface area contributed by atoms with E-state index < -0.39 is 0 Å². The molecule has 1 rings (SSSR count). The van der Waals surface area contributed by atoms with E-state index >= 15 is 0 Å². The van der Waals surface area contributed by atoms with Crippen LogP contribution >= 0.6 is 0 Å². The molecule has 1 fully saturated rings. The molecule has 0 heterocycles. The van der Waals surface area contributed by atoms with Crippen molar-refractivity contribution in [3.8, 4) is 0 Å². The van der Waals surface area contributed by atoms with Crippen molar-refractivity contribution in [2.75, 3.05) is 13.7 Å². The quantitative estimate of drug-likeness (QED) is 0.769. The van der Waals surface area contributed by atoms with Crippen molar-refractivity contribution in [1.82, 2.24) is 5.32 Å². The van der Waals surface area contributed by atoms with Crippen molar-refractivity contribution in [3.05, 3.63) is 0 Å². The highest BCUT2D eigenvalue weighted by molar-refractivity contribution is 4.87. The maximum absolute atomic E-state index is 5.90. The number of likely N-dealkylation sites (N-methyl/N-ethyl adjacent to an activating group) is 1. The van der Waals surface area contributed by atoms with Crippen molar-refractivity contribution >= 4 is 0 Å². The fraction of sp³-hybridized carbons (Fsp3) is 1.00. The Morgan fingerprint density at radius 3 is 2.35 bits per heavy atom. The Balaban J connectivity index is 2.60. The molecule has 2 heteroatoms. The third kappa shape index (κ3) is 3.96. The van der Waals surface area contributed by atoms with Crippen molar-refractivity contribution in [3.63, 3.8) is 0 Å². The van der Waals surface area contributed by atoms with E-state index in [0.29, 0.717) is 12.1 Å². The zero-order valence-electron chi connectivity index (χ0n) is 12.3. The monoisotopic (exact) mass is 241 g/mol. The van der Waals surface area contributed by atoms with Gasteiger partial charge in [0.2, 0.25) is 0 Å². The van der Waals surface area contributed by atoms with Crippen LogP contribution in [-0.2, 0) is 4.74 Å². The molecule has 0 amide bonds. The Kier molecular flexibility index (Phi) is 6.50. The van der Waals surface area contributed by atoms with Gasteiger partial charge in [-0.1, -0.05) is 27.2 Å². The minimum Gasteiger partial charge on any atom is -0.377 e. The van der Waals surface area contributed by atoms with Gasteiger partial charge in [-0.15, -0.1) is 0 Å². The van der Waals surface area contributed by atoms with Gasteiger partial charge >= 0.3 is 0 Å². The van der Waals surface area contributed by atoms with Crippen LogP contribution in [0, 0.1) is 17.8 Å². The van der Waals surface area contributed by atoms with Gasteiger partial charge in [0.05, 0.1) is 6.10 Å². The van der Waals surface area contributed by atoms with Crippen LogP contribution in [0.3, 0.4) is 0 Å². The molecular weight excluding hydrogens is 210 g/mol. The summed E-state index contributed by atoms with van der Waals surface area (Å²) in [6.45, 7) is 9.97. The maximum atomic E-state index is 5.90. The lowest BCUT2D eigenvalue weighted by molar-refractivity contribution is 0.00445. The molecule has 0 bridgehead atoms. The average Bonchev–Trinajstić information content (AvgIpc) is 2.33. The minimum atomic E-state index is 0.385. The molecule has 0 aliphatic heterocycles. The Morgan fingerprint density at radius 2 is 1.88 bits per heavy atom. The lowest BCUT2D eigenvalue weighted by Crippen LogP contribution is -2.46. The van der Waals surface area contributed by atoms with E-state index in [1.807, 2.05) is 0 Å². The predicted molar refractivity (Wildman–Crippen MR) is 74.2 cm³/mol. The minimum absolute atomic E-state index is 0.385. The van der Waals surface area contributed by atoms with E-state index in [4.69, 9.17) is 4.74 Å². The summed E-state index contributed by atoms with van der Waals surface area (Å²) >= 11 is 0. The molecule has 0 saturated heterocycles. The van der Waals surface area contributed by atoms with Crippen LogP contribution in [0.4, 0.5) is 0 Å². The van der Waals surface area contributed by atoms with Crippen LogP contribution in [0.1, 0.15) is 53.4 Å². The van der Waals surface area contributed by atoms with Crippen LogP contribution in [0.2, 0.25) is 0 Å². The maximum Gasteiger partial charge on any atom is 0.0727 e. The summed E-state index contributed by atoms with van der Waals surface area (Å²) in [7, 11) is 2.09. The van der Waals surface area contributed by atoms with Gasteiger partial charge in [-0.3, -0.25) is 0 Å². The Hall–Kier alpha value is -0.0800. The molecule has 0 radical (unpaired) electrons. The summed E-state index contributed by atoms with van der Waals surface area (Å²) in [6, 6.07) is 0.537. The van der Waals surface area contributed by atoms with E-state index in [1.54, 1.807) is 0 Å². The highest BCUT2D eigenvalue weighted by Gasteiger charge is 2.33. The van der Waals surface area contributed by atoms with Crippen LogP contribution < -0.4 is 5.32 Å². The number of rotatable bonds is 6. The summed E-state index contributed by atoms with van der Waals surface area (Å²) in [6.07, 6.45) is 5.60. The topological polar surface area (TPSA) is 21.3 Å².